The molecule has 0 saturated carbocycles. The summed E-state index contributed by atoms with van der Waals surface area (Å²) in [5.41, 5.74) is 2.85. The molecule has 0 unspecified atom stereocenters. The van der Waals surface area contributed by atoms with Gasteiger partial charge in [-0.05, 0) is 42.0 Å². The summed E-state index contributed by atoms with van der Waals surface area (Å²) in [7, 11) is 6.24. The van der Waals surface area contributed by atoms with Crippen molar-refractivity contribution in [3.63, 3.8) is 0 Å². The van der Waals surface area contributed by atoms with Crippen LogP contribution < -0.4 is 24.3 Å². The number of benzene rings is 2. The zero-order valence-electron chi connectivity index (χ0n) is 14.5. The van der Waals surface area contributed by atoms with Gasteiger partial charge >= 0.3 is 0 Å². The molecule has 1 amide bonds. The van der Waals surface area contributed by atoms with Gasteiger partial charge in [-0.1, -0.05) is 0 Å². The molecule has 2 aromatic carbocycles. The van der Waals surface area contributed by atoms with E-state index in [-0.39, 0.29) is 5.91 Å². The molecule has 0 aliphatic carbocycles. The zero-order chi connectivity index (χ0) is 18.0. The maximum Gasteiger partial charge on any atom is 0.256 e. The van der Waals surface area contributed by atoms with Gasteiger partial charge in [0.1, 0.15) is 5.75 Å². The number of anilines is 1. The predicted molar refractivity (Wildman–Crippen MR) is 95.6 cm³/mol. The Bertz CT molecular complexity index is 832. The van der Waals surface area contributed by atoms with Gasteiger partial charge in [0.2, 0.25) is 5.75 Å². The molecule has 25 heavy (non-hydrogen) atoms. The van der Waals surface area contributed by atoms with Crippen LogP contribution in [0.15, 0.2) is 30.3 Å². The Kier molecular flexibility index (Phi) is 4.52. The van der Waals surface area contributed by atoms with Gasteiger partial charge in [0.25, 0.3) is 5.91 Å². The lowest BCUT2D eigenvalue weighted by Gasteiger charge is -2.13. The molecule has 0 fully saturated rings. The average molecular weight is 341 g/mol. The molecule has 6 nitrogen and oxygen atoms in total. The minimum absolute atomic E-state index is 0.169. The smallest absolute Gasteiger partial charge is 0.256 e. The van der Waals surface area contributed by atoms with E-state index in [0.29, 0.717) is 28.6 Å². The van der Waals surface area contributed by atoms with Crippen molar-refractivity contribution < 1.29 is 23.7 Å². The fourth-order valence-corrected chi connectivity index (χ4v) is 2.79. The Morgan fingerprint density at radius 3 is 2.12 bits per heavy atom. The maximum atomic E-state index is 12.4. The second-order valence-corrected chi connectivity index (χ2v) is 5.38. The molecule has 0 atom stereocenters. The molecule has 1 heterocycles. The number of fused-ring (bicyclic) bond motifs is 1. The molecule has 1 N–H and O–H groups in total. The second kappa shape index (κ2) is 6.76. The summed E-state index contributed by atoms with van der Waals surface area (Å²) in [6.45, 7) is 0. The Morgan fingerprint density at radius 2 is 1.56 bits per heavy atom. The van der Waals surface area contributed by atoms with E-state index in [0.717, 1.165) is 16.8 Å². The first-order chi connectivity index (χ1) is 12.1. The third-order valence-electron chi connectivity index (χ3n) is 4.01. The van der Waals surface area contributed by atoms with Gasteiger partial charge in [-0.15, -0.1) is 0 Å². The van der Waals surface area contributed by atoms with Crippen molar-refractivity contribution in [1.82, 2.24) is 0 Å². The predicted octanol–water partition coefficient (Wildman–Crippen LogP) is 3.21. The van der Waals surface area contributed by atoms with Crippen LogP contribution in [0.4, 0.5) is 5.69 Å². The molecule has 0 bridgehead atoms. The zero-order valence-corrected chi connectivity index (χ0v) is 14.5. The Morgan fingerprint density at radius 1 is 0.880 bits per heavy atom. The number of amides is 1. The summed E-state index contributed by atoms with van der Waals surface area (Å²) >= 11 is 0. The molecule has 0 aromatic heterocycles. The highest BCUT2D eigenvalue weighted by atomic mass is 16.5. The van der Waals surface area contributed by atoms with Crippen LogP contribution >= 0.6 is 0 Å². The first-order valence-electron chi connectivity index (χ1n) is 7.62. The summed E-state index contributed by atoms with van der Waals surface area (Å²) in [6.07, 6.45) is 1.78. The van der Waals surface area contributed by atoms with E-state index in [1.807, 2.05) is 18.2 Å². The van der Waals surface area contributed by atoms with Crippen LogP contribution in [0.5, 0.6) is 23.0 Å². The number of carbonyl (C=O) groups excluding carboxylic acids is 1. The van der Waals surface area contributed by atoms with Crippen molar-refractivity contribution >= 4 is 23.2 Å². The number of methoxy groups -OCH3 is 4. The number of hydrogen-bond donors (Lipinski definition) is 1. The van der Waals surface area contributed by atoms with Crippen molar-refractivity contribution in [3.8, 4) is 23.0 Å². The molecule has 6 heteroatoms. The fourth-order valence-electron chi connectivity index (χ4n) is 2.79. The number of rotatable bonds is 5. The van der Waals surface area contributed by atoms with Crippen LogP contribution in [-0.4, -0.2) is 34.3 Å². The molecule has 3 rings (SSSR count). The molecule has 2 aromatic rings. The van der Waals surface area contributed by atoms with Crippen molar-refractivity contribution in [2.24, 2.45) is 0 Å². The third-order valence-corrected chi connectivity index (χ3v) is 4.01. The number of carbonyl (C=O) groups is 1. The average Bonchev–Trinajstić information content (AvgIpc) is 2.95. The van der Waals surface area contributed by atoms with Crippen molar-refractivity contribution in [2.45, 2.75) is 0 Å². The molecular weight excluding hydrogens is 322 g/mol. The van der Waals surface area contributed by atoms with E-state index in [4.69, 9.17) is 18.9 Å². The molecule has 0 radical (unpaired) electrons. The molecule has 1 aliphatic heterocycles. The highest BCUT2D eigenvalue weighted by Gasteiger charge is 2.25. The summed E-state index contributed by atoms with van der Waals surface area (Å²) in [6, 6.07) is 9.04. The second-order valence-electron chi connectivity index (χ2n) is 5.38. The largest absolute Gasteiger partial charge is 0.497 e. The Hall–Kier alpha value is -3.15. The van der Waals surface area contributed by atoms with Crippen LogP contribution in [-0.2, 0) is 4.79 Å². The Balaban J connectivity index is 2.11. The molecule has 0 saturated heterocycles. The summed E-state index contributed by atoms with van der Waals surface area (Å²) in [4.78, 5) is 12.4. The number of nitrogens with one attached hydrogen (secondary N) is 1. The number of hydrogen-bond acceptors (Lipinski definition) is 5. The van der Waals surface area contributed by atoms with E-state index < -0.39 is 0 Å². The quantitative estimate of drug-likeness (QED) is 0.846. The molecular formula is C19H19NO5. The molecule has 1 aliphatic rings. The van der Waals surface area contributed by atoms with Crippen LogP contribution in [0, 0.1) is 0 Å². The van der Waals surface area contributed by atoms with Crippen LogP contribution in [0.1, 0.15) is 11.1 Å². The van der Waals surface area contributed by atoms with Crippen LogP contribution in [0.3, 0.4) is 0 Å². The topological polar surface area (TPSA) is 66.0 Å². The van der Waals surface area contributed by atoms with E-state index in [1.165, 1.54) is 0 Å². The first-order valence-corrected chi connectivity index (χ1v) is 7.62. The van der Waals surface area contributed by atoms with Crippen LogP contribution in [0.2, 0.25) is 0 Å². The third kappa shape index (κ3) is 2.98. The Labute approximate surface area is 146 Å². The van der Waals surface area contributed by atoms with E-state index >= 15 is 0 Å². The standard InChI is InChI=1S/C19H19NO5/c1-22-12-5-6-15-13(10-12)14(19(21)20-15)7-11-8-16(23-2)18(25-4)17(9-11)24-3/h5-10H,1-4H3,(H,20,21)/b14-7+. The minimum atomic E-state index is -0.169. The summed E-state index contributed by atoms with van der Waals surface area (Å²) < 4.78 is 21.3. The van der Waals surface area contributed by atoms with Gasteiger partial charge in [0.15, 0.2) is 11.5 Å². The van der Waals surface area contributed by atoms with Crippen molar-refractivity contribution in [3.05, 3.63) is 41.5 Å². The first kappa shape index (κ1) is 16.7. The monoisotopic (exact) mass is 341 g/mol. The van der Waals surface area contributed by atoms with Gasteiger partial charge < -0.3 is 24.3 Å². The van der Waals surface area contributed by atoms with Gasteiger partial charge in [-0.25, -0.2) is 0 Å². The van der Waals surface area contributed by atoms with Crippen molar-refractivity contribution in [2.75, 3.05) is 33.8 Å². The van der Waals surface area contributed by atoms with E-state index in [2.05, 4.69) is 5.32 Å². The lowest BCUT2D eigenvalue weighted by atomic mass is 10.0. The van der Waals surface area contributed by atoms with E-state index in [1.54, 1.807) is 46.6 Å². The number of ether oxygens (including phenoxy) is 4. The molecule has 130 valence electrons. The SMILES string of the molecule is COc1ccc2c(c1)/C(=C\c1cc(OC)c(OC)c(OC)c1)C(=O)N2. The summed E-state index contributed by atoms with van der Waals surface area (Å²) in [5.74, 6) is 2.07. The lowest BCUT2D eigenvalue weighted by Crippen LogP contribution is -2.03. The maximum absolute atomic E-state index is 12.4. The van der Waals surface area contributed by atoms with Gasteiger partial charge in [-0.2, -0.15) is 0 Å². The highest BCUT2D eigenvalue weighted by Crippen LogP contribution is 2.40. The normalized spacial score (nSPS) is 14.1. The fraction of sp³-hybridized carbons (Fsp3) is 0.211. The van der Waals surface area contributed by atoms with Crippen molar-refractivity contribution in [1.29, 1.82) is 0 Å². The van der Waals surface area contributed by atoms with Gasteiger partial charge in [0.05, 0.1) is 28.4 Å². The van der Waals surface area contributed by atoms with Crippen LogP contribution in [0.25, 0.3) is 11.6 Å². The van der Waals surface area contributed by atoms with Gasteiger partial charge in [-0.3, -0.25) is 4.79 Å². The minimum Gasteiger partial charge on any atom is -0.497 e. The van der Waals surface area contributed by atoms with Gasteiger partial charge in [0, 0.05) is 16.8 Å². The lowest BCUT2D eigenvalue weighted by molar-refractivity contribution is -0.110. The molecule has 0 spiro atoms. The highest BCUT2D eigenvalue weighted by molar-refractivity contribution is 6.35. The van der Waals surface area contributed by atoms with E-state index in [9.17, 15) is 4.79 Å². The summed E-state index contributed by atoms with van der Waals surface area (Å²) in [5, 5.41) is 2.85.